The molecule has 3 atom stereocenters. The highest BCUT2D eigenvalue weighted by Gasteiger charge is 2.39. The number of rotatable bonds is 31. The summed E-state index contributed by atoms with van der Waals surface area (Å²) in [6.45, 7) is 9.50. The Kier molecular flexibility index (Phi) is 22.6. The Labute approximate surface area is 313 Å². The Hall–Kier alpha value is -2.72. The average Bonchev–Trinajstić information content (AvgIpc) is 3.17. The normalized spacial score (nSPS) is 13.5. The first-order valence-electron chi connectivity index (χ1n) is 20.8. The van der Waals surface area contributed by atoms with E-state index in [1.54, 1.807) is 0 Å². The molecule has 0 bridgehead atoms. The lowest BCUT2D eigenvalue weighted by Crippen LogP contribution is -2.40. The summed E-state index contributed by atoms with van der Waals surface area (Å²) in [5.41, 5.74) is 2.35. The van der Waals surface area contributed by atoms with Crippen molar-refractivity contribution in [3.05, 3.63) is 120 Å². The van der Waals surface area contributed by atoms with E-state index in [0.717, 1.165) is 61.1 Å². The molecular weight excluding hydrogens is 625 g/mol. The summed E-state index contributed by atoms with van der Waals surface area (Å²) in [6, 6.07) is 31.4. The predicted molar refractivity (Wildman–Crippen MR) is 218 cm³/mol. The Morgan fingerprint density at radius 1 is 0.588 bits per heavy atom. The highest BCUT2D eigenvalue weighted by Crippen LogP contribution is 2.40. The van der Waals surface area contributed by atoms with Crippen LogP contribution in [0.4, 0.5) is 0 Å². The molecule has 0 amide bonds. The van der Waals surface area contributed by atoms with Gasteiger partial charge in [-0.15, -0.1) is 6.58 Å². The molecule has 0 spiro atoms. The van der Waals surface area contributed by atoms with Crippen LogP contribution in [0.5, 0.6) is 0 Å². The fourth-order valence-electron chi connectivity index (χ4n) is 7.38. The molecule has 0 aliphatic carbocycles. The van der Waals surface area contributed by atoms with E-state index in [1.807, 2.05) is 24.3 Å². The third-order valence-corrected chi connectivity index (χ3v) is 10.6. The Morgan fingerprint density at radius 3 is 1.47 bits per heavy atom. The number of aliphatic hydroxyl groups excluding tert-OH is 1. The number of ether oxygens (including phenoxy) is 2. The summed E-state index contributed by atoms with van der Waals surface area (Å²) >= 11 is 0. The quantitative estimate of drug-likeness (QED) is 0.0413. The topological polar surface area (TPSA) is 38.7 Å². The van der Waals surface area contributed by atoms with Crippen molar-refractivity contribution in [3.8, 4) is 0 Å². The third-order valence-electron chi connectivity index (χ3n) is 10.6. The summed E-state index contributed by atoms with van der Waals surface area (Å²) < 4.78 is 13.5. The molecule has 1 N–H and O–H groups in total. The van der Waals surface area contributed by atoms with E-state index in [4.69, 9.17) is 9.47 Å². The highest BCUT2D eigenvalue weighted by atomic mass is 16.6. The van der Waals surface area contributed by atoms with Crippen LogP contribution >= 0.6 is 0 Å². The second-order valence-electron chi connectivity index (χ2n) is 14.9. The minimum atomic E-state index is -0.833. The van der Waals surface area contributed by atoms with Gasteiger partial charge >= 0.3 is 0 Å². The lowest BCUT2D eigenvalue weighted by Gasteiger charge is -2.37. The summed E-state index contributed by atoms with van der Waals surface area (Å²) in [4.78, 5) is 0. The Bertz CT molecular complexity index is 1130. The fraction of sp³-hybridized carbons (Fsp3) is 0.583. The number of unbranched alkanes of at least 4 members (excludes halogenated alkanes) is 14. The number of allylic oxidation sites excluding steroid dienone is 1. The summed E-state index contributed by atoms with van der Waals surface area (Å²) in [5.74, 6) is 0.906. The van der Waals surface area contributed by atoms with E-state index >= 15 is 0 Å². The molecule has 0 aromatic heterocycles. The van der Waals surface area contributed by atoms with Gasteiger partial charge in [-0.2, -0.15) is 0 Å². The molecule has 3 nitrogen and oxygen atoms in total. The van der Waals surface area contributed by atoms with Crippen LogP contribution in [0, 0.1) is 5.92 Å². The fourth-order valence-corrected chi connectivity index (χ4v) is 7.38. The van der Waals surface area contributed by atoms with Gasteiger partial charge in [0.25, 0.3) is 0 Å². The minimum absolute atomic E-state index is 0.291. The number of aliphatic hydroxyl groups is 1. The van der Waals surface area contributed by atoms with Crippen molar-refractivity contribution >= 4 is 0 Å². The number of benzene rings is 3. The Morgan fingerprint density at radius 2 is 1.02 bits per heavy atom. The molecule has 0 saturated carbocycles. The summed E-state index contributed by atoms with van der Waals surface area (Å²) in [5, 5.41) is 11.5. The van der Waals surface area contributed by atoms with Crippen molar-refractivity contribution in [1.29, 1.82) is 0 Å². The van der Waals surface area contributed by atoms with Gasteiger partial charge in [0.1, 0.15) is 11.7 Å². The minimum Gasteiger partial charge on any atom is -0.390 e. The zero-order valence-corrected chi connectivity index (χ0v) is 32.5. The maximum Gasteiger partial charge on any atom is 0.143 e. The SMILES string of the molecule is C=CCCCCOC(COC(c1ccccc1)(c1ccccc1)c1ccccc1)C(O)CCCCCCCCCCCCC(C)CCCCCC. The van der Waals surface area contributed by atoms with Crippen molar-refractivity contribution in [2.45, 2.75) is 160 Å². The summed E-state index contributed by atoms with van der Waals surface area (Å²) in [7, 11) is 0. The van der Waals surface area contributed by atoms with Gasteiger partial charge in [0.15, 0.2) is 0 Å². The van der Waals surface area contributed by atoms with Crippen molar-refractivity contribution in [2.75, 3.05) is 13.2 Å². The van der Waals surface area contributed by atoms with Gasteiger partial charge in [-0.1, -0.05) is 214 Å². The van der Waals surface area contributed by atoms with Crippen LogP contribution < -0.4 is 0 Å². The Balaban J connectivity index is 1.48. The highest BCUT2D eigenvalue weighted by molar-refractivity contribution is 5.47. The van der Waals surface area contributed by atoms with Crippen LogP contribution in [-0.4, -0.2) is 30.5 Å². The molecule has 51 heavy (non-hydrogen) atoms. The first-order valence-corrected chi connectivity index (χ1v) is 20.8. The lowest BCUT2D eigenvalue weighted by atomic mass is 9.80. The van der Waals surface area contributed by atoms with Gasteiger partial charge in [-0.3, -0.25) is 0 Å². The monoisotopic (exact) mass is 697 g/mol. The largest absolute Gasteiger partial charge is 0.390 e. The molecule has 0 aliphatic heterocycles. The molecular formula is C48H72O3. The van der Waals surface area contributed by atoms with Crippen LogP contribution in [0.15, 0.2) is 104 Å². The third kappa shape index (κ3) is 16.2. The van der Waals surface area contributed by atoms with E-state index in [1.165, 1.54) is 89.9 Å². The van der Waals surface area contributed by atoms with E-state index in [2.05, 4.69) is 93.2 Å². The first kappa shape index (κ1) is 42.7. The van der Waals surface area contributed by atoms with Gasteiger partial charge in [0.2, 0.25) is 0 Å². The second kappa shape index (κ2) is 27.0. The maximum absolute atomic E-state index is 11.5. The zero-order valence-electron chi connectivity index (χ0n) is 32.5. The van der Waals surface area contributed by atoms with Crippen LogP contribution in [0.2, 0.25) is 0 Å². The maximum atomic E-state index is 11.5. The van der Waals surface area contributed by atoms with E-state index in [-0.39, 0.29) is 0 Å². The molecule has 3 heteroatoms. The molecule has 0 heterocycles. The lowest BCUT2D eigenvalue weighted by molar-refractivity contribution is -0.110. The molecule has 282 valence electrons. The first-order chi connectivity index (χ1) is 25.1. The molecule has 3 aromatic rings. The molecule has 0 aliphatic rings. The van der Waals surface area contributed by atoms with Gasteiger partial charge in [-0.05, 0) is 48.3 Å². The van der Waals surface area contributed by atoms with Crippen LogP contribution in [0.25, 0.3) is 0 Å². The van der Waals surface area contributed by atoms with Crippen molar-refractivity contribution in [2.24, 2.45) is 5.92 Å². The smallest absolute Gasteiger partial charge is 0.143 e. The van der Waals surface area contributed by atoms with Crippen molar-refractivity contribution < 1.29 is 14.6 Å². The summed E-state index contributed by atoms with van der Waals surface area (Å²) in [6.07, 6.45) is 26.1. The van der Waals surface area contributed by atoms with E-state index in [0.29, 0.717) is 13.2 Å². The number of hydrogen-bond acceptors (Lipinski definition) is 3. The van der Waals surface area contributed by atoms with E-state index < -0.39 is 17.8 Å². The molecule has 0 radical (unpaired) electrons. The molecule has 3 rings (SSSR count). The molecule has 3 unspecified atom stereocenters. The molecule has 3 aromatic carbocycles. The van der Waals surface area contributed by atoms with Crippen molar-refractivity contribution in [1.82, 2.24) is 0 Å². The van der Waals surface area contributed by atoms with E-state index in [9.17, 15) is 5.11 Å². The zero-order chi connectivity index (χ0) is 36.2. The van der Waals surface area contributed by atoms with Crippen LogP contribution in [-0.2, 0) is 15.1 Å². The van der Waals surface area contributed by atoms with Crippen LogP contribution in [0.3, 0.4) is 0 Å². The second-order valence-corrected chi connectivity index (χ2v) is 14.9. The number of hydrogen-bond donors (Lipinski definition) is 1. The van der Waals surface area contributed by atoms with Crippen LogP contribution in [0.1, 0.15) is 159 Å². The van der Waals surface area contributed by atoms with Gasteiger partial charge in [0.05, 0.1) is 12.7 Å². The average molecular weight is 697 g/mol. The van der Waals surface area contributed by atoms with Crippen molar-refractivity contribution in [3.63, 3.8) is 0 Å². The predicted octanol–water partition coefficient (Wildman–Crippen LogP) is 13.4. The van der Waals surface area contributed by atoms with Gasteiger partial charge < -0.3 is 14.6 Å². The standard InChI is InChI=1S/C48H72O3/c1-4-6-8-21-31-42(3)32-22-16-14-12-10-11-13-15-17-29-39-46(49)47(50-40-30-9-7-5-2)41-51-48(43-33-23-18-24-34-43,44-35-25-19-26-36-44)45-37-27-20-28-38-45/h5,18-20,23-28,33-38,42,46-47,49H,2,4,6-17,21-22,29-32,39-41H2,1,3H3. The van der Waals surface area contributed by atoms with Gasteiger partial charge in [0, 0.05) is 6.61 Å². The van der Waals surface area contributed by atoms with Gasteiger partial charge in [-0.25, -0.2) is 0 Å². The molecule has 0 saturated heterocycles. The molecule has 0 fully saturated rings.